The van der Waals surface area contributed by atoms with Crippen LogP contribution in [0.2, 0.25) is 0 Å². The van der Waals surface area contributed by atoms with Crippen LogP contribution in [0, 0.1) is 10.1 Å². The van der Waals surface area contributed by atoms with E-state index >= 15 is 0 Å². The first-order valence-corrected chi connectivity index (χ1v) is 4.77. The molecule has 0 unspecified atom stereocenters. The molecule has 0 heterocycles. The Kier molecular flexibility index (Phi) is 2.55. The maximum absolute atomic E-state index is 10.6. The third kappa shape index (κ3) is 2.00. The van der Waals surface area contributed by atoms with E-state index in [9.17, 15) is 10.1 Å². The van der Waals surface area contributed by atoms with Crippen molar-refractivity contribution >= 4 is 11.4 Å². The van der Waals surface area contributed by atoms with Crippen LogP contribution >= 0.6 is 0 Å². The zero-order chi connectivity index (χ0) is 11.5. The van der Waals surface area contributed by atoms with E-state index < -0.39 is 4.92 Å². The van der Waals surface area contributed by atoms with Gasteiger partial charge in [0.1, 0.15) is 0 Å². The lowest BCUT2D eigenvalue weighted by atomic mass is 10.0. The van der Waals surface area contributed by atoms with Gasteiger partial charge < -0.3 is 5.73 Å². The molecule has 0 aliphatic rings. The van der Waals surface area contributed by atoms with Gasteiger partial charge in [0.15, 0.2) is 0 Å². The third-order valence-corrected chi connectivity index (χ3v) is 2.28. The number of nitrogens with two attached hydrogens (primary N) is 1. The van der Waals surface area contributed by atoms with Crippen molar-refractivity contribution in [3.8, 4) is 11.1 Å². The van der Waals surface area contributed by atoms with Crippen LogP contribution in [0.4, 0.5) is 11.4 Å². The molecule has 2 aromatic carbocycles. The minimum atomic E-state index is -0.407. The van der Waals surface area contributed by atoms with Gasteiger partial charge in [0, 0.05) is 17.8 Å². The summed E-state index contributed by atoms with van der Waals surface area (Å²) in [5.41, 5.74) is 8.06. The predicted molar refractivity (Wildman–Crippen MR) is 62.9 cm³/mol. The van der Waals surface area contributed by atoms with Gasteiger partial charge in [-0.25, -0.2) is 0 Å². The van der Waals surface area contributed by atoms with E-state index in [1.807, 2.05) is 18.2 Å². The number of nitrogen functional groups attached to an aromatic ring is 1. The number of hydrogen-bond donors (Lipinski definition) is 1. The van der Waals surface area contributed by atoms with E-state index in [1.165, 1.54) is 12.1 Å². The van der Waals surface area contributed by atoms with E-state index in [2.05, 4.69) is 0 Å². The number of nitrogens with zero attached hydrogens (tertiary/aromatic N) is 1. The second kappa shape index (κ2) is 4.02. The van der Waals surface area contributed by atoms with Gasteiger partial charge >= 0.3 is 0 Å². The Labute approximate surface area is 92.5 Å². The molecule has 2 N–H and O–H groups in total. The van der Waals surface area contributed by atoms with Gasteiger partial charge in [0.05, 0.1) is 4.92 Å². The van der Waals surface area contributed by atoms with E-state index in [0.29, 0.717) is 5.69 Å². The van der Waals surface area contributed by atoms with Crippen molar-refractivity contribution in [1.82, 2.24) is 0 Å². The molecule has 0 atom stereocenters. The van der Waals surface area contributed by atoms with E-state index in [1.54, 1.807) is 18.2 Å². The molecule has 4 nitrogen and oxygen atoms in total. The predicted octanol–water partition coefficient (Wildman–Crippen LogP) is 2.84. The molecule has 4 heteroatoms. The number of nitro benzene ring substituents is 1. The summed E-state index contributed by atoms with van der Waals surface area (Å²) in [4.78, 5) is 10.2. The molecule has 2 aromatic rings. The lowest BCUT2D eigenvalue weighted by molar-refractivity contribution is -0.384. The minimum Gasteiger partial charge on any atom is -0.399 e. The zero-order valence-corrected chi connectivity index (χ0v) is 8.46. The van der Waals surface area contributed by atoms with Crippen molar-refractivity contribution in [2.24, 2.45) is 0 Å². The molecule has 0 spiro atoms. The number of anilines is 1. The van der Waals surface area contributed by atoms with Gasteiger partial charge in [-0.2, -0.15) is 0 Å². The van der Waals surface area contributed by atoms with Gasteiger partial charge in [-0.1, -0.05) is 24.3 Å². The molecule has 16 heavy (non-hydrogen) atoms. The van der Waals surface area contributed by atoms with Gasteiger partial charge in [-0.3, -0.25) is 10.1 Å². The monoisotopic (exact) mass is 214 g/mol. The van der Waals surface area contributed by atoms with Crippen LogP contribution in [0.5, 0.6) is 0 Å². The van der Waals surface area contributed by atoms with Crippen LogP contribution in [-0.4, -0.2) is 4.92 Å². The summed E-state index contributed by atoms with van der Waals surface area (Å²) in [6.07, 6.45) is 0. The van der Waals surface area contributed by atoms with Crippen LogP contribution in [-0.2, 0) is 0 Å². The SMILES string of the molecule is Nc1cccc(-c2cccc([N+](=O)[O-])c2)c1. The third-order valence-electron chi connectivity index (χ3n) is 2.28. The standard InChI is InChI=1S/C12H10N2O2/c13-11-5-1-3-9(7-11)10-4-2-6-12(8-10)14(15)16/h1-8H,13H2. The lowest BCUT2D eigenvalue weighted by Crippen LogP contribution is -1.89. The second-order valence-electron chi connectivity index (χ2n) is 3.43. The Bertz CT molecular complexity index is 538. The molecule has 0 saturated carbocycles. The molecule has 0 saturated heterocycles. The molecule has 0 aromatic heterocycles. The highest BCUT2D eigenvalue weighted by molar-refractivity contribution is 5.69. The Morgan fingerprint density at radius 1 is 1.00 bits per heavy atom. The molecule has 0 aliphatic heterocycles. The van der Waals surface area contributed by atoms with Crippen molar-refractivity contribution in [2.45, 2.75) is 0 Å². The molecular formula is C12H10N2O2. The quantitative estimate of drug-likeness (QED) is 0.474. The number of nitro groups is 1. The van der Waals surface area contributed by atoms with Crippen LogP contribution in [0.25, 0.3) is 11.1 Å². The summed E-state index contributed by atoms with van der Waals surface area (Å²) in [7, 11) is 0. The summed E-state index contributed by atoms with van der Waals surface area (Å²) >= 11 is 0. The molecule has 2 rings (SSSR count). The molecule has 0 radical (unpaired) electrons. The second-order valence-corrected chi connectivity index (χ2v) is 3.43. The van der Waals surface area contributed by atoms with Crippen molar-refractivity contribution in [1.29, 1.82) is 0 Å². The summed E-state index contributed by atoms with van der Waals surface area (Å²) in [5, 5.41) is 10.6. The van der Waals surface area contributed by atoms with Gasteiger partial charge in [-0.15, -0.1) is 0 Å². The minimum absolute atomic E-state index is 0.0833. The van der Waals surface area contributed by atoms with Crippen LogP contribution in [0.15, 0.2) is 48.5 Å². The van der Waals surface area contributed by atoms with Gasteiger partial charge in [0.2, 0.25) is 0 Å². The number of hydrogen-bond acceptors (Lipinski definition) is 3. The van der Waals surface area contributed by atoms with E-state index in [-0.39, 0.29) is 5.69 Å². The first-order chi connectivity index (χ1) is 7.66. The van der Waals surface area contributed by atoms with Crippen LogP contribution in [0.1, 0.15) is 0 Å². The zero-order valence-electron chi connectivity index (χ0n) is 8.46. The maximum Gasteiger partial charge on any atom is 0.270 e. The largest absolute Gasteiger partial charge is 0.399 e. The fraction of sp³-hybridized carbons (Fsp3) is 0. The summed E-state index contributed by atoms with van der Waals surface area (Å²) in [6, 6.07) is 13.8. The van der Waals surface area contributed by atoms with Crippen molar-refractivity contribution < 1.29 is 4.92 Å². The average molecular weight is 214 g/mol. The van der Waals surface area contributed by atoms with Crippen molar-refractivity contribution in [3.63, 3.8) is 0 Å². The molecular weight excluding hydrogens is 204 g/mol. The van der Waals surface area contributed by atoms with Crippen LogP contribution in [0.3, 0.4) is 0 Å². The average Bonchev–Trinajstić information content (AvgIpc) is 2.29. The molecule has 0 aliphatic carbocycles. The van der Waals surface area contributed by atoms with Crippen molar-refractivity contribution in [3.05, 3.63) is 58.6 Å². The number of rotatable bonds is 2. The Morgan fingerprint density at radius 2 is 1.62 bits per heavy atom. The van der Waals surface area contributed by atoms with Crippen LogP contribution < -0.4 is 5.73 Å². The van der Waals surface area contributed by atoms with Gasteiger partial charge in [0.25, 0.3) is 5.69 Å². The fourth-order valence-corrected chi connectivity index (χ4v) is 1.52. The summed E-state index contributed by atoms with van der Waals surface area (Å²) in [6.45, 7) is 0. The Balaban J connectivity index is 2.48. The first kappa shape index (κ1) is 10.2. The normalized spacial score (nSPS) is 10.0. The maximum atomic E-state index is 10.6. The molecule has 0 amide bonds. The molecule has 0 fully saturated rings. The smallest absolute Gasteiger partial charge is 0.270 e. The van der Waals surface area contributed by atoms with E-state index in [0.717, 1.165) is 11.1 Å². The lowest BCUT2D eigenvalue weighted by Gasteiger charge is -2.02. The molecule has 80 valence electrons. The molecule has 0 bridgehead atoms. The van der Waals surface area contributed by atoms with Crippen molar-refractivity contribution in [2.75, 3.05) is 5.73 Å². The highest BCUT2D eigenvalue weighted by Gasteiger charge is 2.06. The summed E-state index contributed by atoms with van der Waals surface area (Å²) < 4.78 is 0. The Hall–Kier alpha value is -2.36. The highest BCUT2D eigenvalue weighted by Crippen LogP contribution is 2.24. The summed E-state index contributed by atoms with van der Waals surface area (Å²) in [5.74, 6) is 0. The fourth-order valence-electron chi connectivity index (χ4n) is 1.52. The highest BCUT2D eigenvalue weighted by atomic mass is 16.6. The first-order valence-electron chi connectivity index (χ1n) is 4.77. The van der Waals surface area contributed by atoms with E-state index in [4.69, 9.17) is 5.73 Å². The van der Waals surface area contributed by atoms with Gasteiger partial charge in [-0.05, 0) is 23.3 Å². The topological polar surface area (TPSA) is 69.2 Å². The Morgan fingerprint density at radius 3 is 2.25 bits per heavy atom. The number of non-ortho nitro benzene ring substituents is 1. The number of benzene rings is 2.